The van der Waals surface area contributed by atoms with Crippen LogP contribution in [-0.2, 0) is 0 Å². The van der Waals surface area contributed by atoms with Crippen LogP contribution in [0.4, 0.5) is 0 Å². The molecule has 0 saturated heterocycles. The first-order valence-electron chi connectivity index (χ1n) is 8.86. The van der Waals surface area contributed by atoms with Gasteiger partial charge in [-0.15, -0.1) is 23.1 Å². The SMILES string of the molecule is Cc1sc2ncnc(SCCCCN3C(=O)c4ccccc4C3=O)c2c1C. The lowest BCUT2D eigenvalue weighted by Gasteiger charge is -2.13. The predicted molar refractivity (Wildman–Crippen MR) is 109 cm³/mol. The molecule has 3 aromatic rings. The lowest BCUT2D eigenvalue weighted by atomic mass is 10.1. The van der Waals surface area contributed by atoms with E-state index in [1.54, 1.807) is 53.7 Å². The van der Waals surface area contributed by atoms with E-state index in [1.165, 1.54) is 15.3 Å². The first-order valence-corrected chi connectivity index (χ1v) is 10.7. The number of benzene rings is 1. The number of carbonyl (C=O) groups excluding carboxylic acids is 2. The highest BCUT2D eigenvalue weighted by Gasteiger charge is 2.34. The molecular formula is C20H19N3O2S2. The maximum absolute atomic E-state index is 12.4. The van der Waals surface area contributed by atoms with E-state index < -0.39 is 0 Å². The number of rotatable bonds is 6. The van der Waals surface area contributed by atoms with Gasteiger partial charge in [-0.2, -0.15) is 0 Å². The average molecular weight is 398 g/mol. The van der Waals surface area contributed by atoms with Crippen LogP contribution in [0.15, 0.2) is 35.6 Å². The molecule has 1 aromatic carbocycles. The third-order valence-electron chi connectivity index (χ3n) is 4.82. The van der Waals surface area contributed by atoms with Crippen LogP contribution in [0, 0.1) is 13.8 Å². The number of aryl methyl sites for hydroxylation is 2. The minimum Gasteiger partial charge on any atom is -0.274 e. The minimum absolute atomic E-state index is 0.176. The molecule has 0 spiro atoms. The highest BCUT2D eigenvalue weighted by molar-refractivity contribution is 7.99. The molecule has 0 bridgehead atoms. The van der Waals surface area contributed by atoms with E-state index in [2.05, 4.69) is 23.8 Å². The number of nitrogens with zero attached hydrogens (tertiary/aromatic N) is 3. The van der Waals surface area contributed by atoms with Crippen LogP contribution in [0.25, 0.3) is 10.2 Å². The van der Waals surface area contributed by atoms with E-state index in [0.29, 0.717) is 17.7 Å². The van der Waals surface area contributed by atoms with Gasteiger partial charge in [-0.05, 0) is 50.1 Å². The van der Waals surface area contributed by atoms with Gasteiger partial charge in [0.25, 0.3) is 11.8 Å². The van der Waals surface area contributed by atoms with Crippen molar-refractivity contribution in [2.45, 2.75) is 31.7 Å². The second kappa shape index (κ2) is 7.40. The Bertz CT molecular complexity index is 1010. The van der Waals surface area contributed by atoms with Crippen LogP contribution in [0.5, 0.6) is 0 Å². The average Bonchev–Trinajstić information content (AvgIpc) is 3.10. The third kappa shape index (κ3) is 3.26. The zero-order chi connectivity index (χ0) is 19.0. The standard InChI is InChI=1S/C20H19N3O2S2/c1-12-13(2)27-18-16(12)17(21-11-22-18)26-10-6-5-9-23-19(24)14-7-3-4-8-15(14)20(23)25/h3-4,7-8,11H,5-6,9-10H2,1-2H3. The highest BCUT2D eigenvalue weighted by Crippen LogP contribution is 2.34. The summed E-state index contributed by atoms with van der Waals surface area (Å²) in [5.74, 6) is 0.541. The molecule has 2 aromatic heterocycles. The summed E-state index contributed by atoms with van der Waals surface area (Å²) in [6.07, 6.45) is 3.32. The fourth-order valence-corrected chi connectivity index (χ4v) is 5.36. The van der Waals surface area contributed by atoms with Crippen molar-refractivity contribution < 1.29 is 9.59 Å². The molecule has 1 aliphatic rings. The van der Waals surface area contributed by atoms with Crippen molar-refractivity contribution in [1.82, 2.24) is 14.9 Å². The molecule has 4 rings (SSSR count). The minimum atomic E-state index is -0.176. The molecule has 0 saturated carbocycles. The molecule has 27 heavy (non-hydrogen) atoms. The normalized spacial score (nSPS) is 13.6. The molecule has 5 nitrogen and oxygen atoms in total. The van der Waals surface area contributed by atoms with E-state index in [-0.39, 0.29) is 11.8 Å². The van der Waals surface area contributed by atoms with Gasteiger partial charge in [0, 0.05) is 16.8 Å². The molecule has 7 heteroatoms. The van der Waals surface area contributed by atoms with Gasteiger partial charge in [-0.3, -0.25) is 14.5 Å². The van der Waals surface area contributed by atoms with Gasteiger partial charge in [0.1, 0.15) is 16.2 Å². The number of thioether (sulfide) groups is 1. The summed E-state index contributed by atoms with van der Waals surface area (Å²) in [5, 5.41) is 2.17. The number of carbonyl (C=O) groups is 2. The van der Waals surface area contributed by atoms with Crippen LogP contribution >= 0.6 is 23.1 Å². The maximum atomic E-state index is 12.4. The molecule has 0 N–H and O–H groups in total. The van der Waals surface area contributed by atoms with Crippen LogP contribution < -0.4 is 0 Å². The summed E-state index contributed by atoms with van der Waals surface area (Å²) in [7, 11) is 0. The Morgan fingerprint density at radius 2 is 1.74 bits per heavy atom. The van der Waals surface area contributed by atoms with E-state index >= 15 is 0 Å². The van der Waals surface area contributed by atoms with Gasteiger partial charge in [0.15, 0.2) is 0 Å². The van der Waals surface area contributed by atoms with Gasteiger partial charge < -0.3 is 0 Å². The van der Waals surface area contributed by atoms with Crippen molar-refractivity contribution in [3.63, 3.8) is 0 Å². The molecule has 0 fully saturated rings. The Kier molecular flexibility index (Phi) is 4.97. The molecule has 0 unspecified atom stereocenters. The highest BCUT2D eigenvalue weighted by atomic mass is 32.2. The Hall–Kier alpha value is -2.25. The number of hydrogen-bond acceptors (Lipinski definition) is 6. The Balaban J connectivity index is 1.33. The largest absolute Gasteiger partial charge is 0.274 e. The number of unbranched alkanes of at least 4 members (excludes halogenated alkanes) is 1. The molecule has 138 valence electrons. The lowest BCUT2D eigenvalue weighted by Crippen LogP contribution is -2.30. The molecule has 2 amide bonds. The van der Waals surface area contributed by atoms with Crippen molar-refractivity contribution >= 4 is 45.1 Å². The van der Waals surface area contributed by atoms with Crippen molar-refractivity contribution in [2.24, 2.45) is 0 Å². The van der Waals surface area contributed by atoms with Gasteiger partial charge in [-0.1, -0.05) is 12.1 Å². The number of fused-ring (bicyclic) bond motifs is 2. The Morgan fingerprint density at radius 3 is 2.44 bits per heavy atom. The van der Waals surface area contributed by atoms with Gasteiger partial charge in [-0.25, -0.2) is 9.97 Å². The zero-order valence-corrected chi connectivity index (χ0v) is 16.8. The summed E-state index contributed by atoms with van der Waals surface area (Å²) in [6.45, 7) is 4.69. The Morgan fingerprint density at radius 1 is 1.04 bits per heavy atom. The molecule has 0 aliphatic carbocycles. The van der Waals surface area contributed by atoms with Crippen LogP contribution in [0.2, 0.25) is 0 Å². The quantitative estimate of drug-likeness (QED) is 0.266. The van der Waals surface area contributed by atoms with Gasteiger partial charge in [0.2, 0.25) is 0 Å². The van der Waals surface area contributed by atoms with Crippen molar-refractivity contribution in [2.75, 3.05) is 12.3 Å². The maximum Gasteiger partial charge on any atom is 0.261 e. The number of hydrogen-bond donors (Lipinski definition) is 0. The summed E-state index contributed by atoms with van der Waals surface area (Å²) >= 11 is 3.42. The van der Waals surface area contributed by atoms with E-state index in [4.69, 9.17) is 0 Å². The smallest absolute Gasteiger partial charge is 0.261 e. The van der Waals surface area contributed by atoms with Crippen molar-refractivity contribution in [3.05, 3.63) is 52.2 Å². The van der Waals surface area contributed by atoms with Gasteiger partial charge >= 0.3 is 0 Å². The van der Waals surface area contributed by atoms with E-state index in [0.717, 1.165) is 33.8 Å². The summed E-state index contributed by atoms with van der Waals surface area (Å²) < 4.78 is 0. The monoisotopic (exact) mass is 397 g/mol. The summed E-state index contributed by atoms with van der Waals surface area (Å²) in [4.78, 5) is 37.2. The molecule has 3 heterocycles. The first-order chi connectivity index (χ1) is 13.1. The van der Waals surface area contributed by atoms with Crippen LogP contribution in [0.3, 0.4) is 0 Å². The second-order valence-electron chi connectivity index (χ2n) is 6.51. The fourth-order valence-electron chi connectivity index (χ4n) is 3.24. The zero-order valence-electron chi connectivity index (χ0n) is 15.2. The summed E-state index contributed by atoms with van der Waals surface area (Å²) in [5.41, 5.74) is 2.29. The number of thiophene rings is 1. The fraction of sp³-hybridized carbons (Fsp3) is 0.300. The lowest BCUT2D eigenvalue weighted by molar-refractivity contribution is 0.0652. The number of amides is 2. The Labute approximate surface area is 165 Å². The van der Waals surface area contributed by atoms with Crippen molar-refractivity contribution in [1.29, 1.82) is 0 Å². The van der Waals surface area contributed by atoms with E-state index in [1.807, 2.05) is 0 Å². The molecular weight excluding hydrogens is 378 g/mol. The topological polar surface area (TPSA) is 63.2 Å². The molecule has 0 radical (unpaired) electrons. The first kappa shape index (κ1) is 18.1. The predicted octanol–water partition coefficient (Wildman–Crippen LogP) is 4.48. The number of imide groups is 1. The third-order valence-corrected chi connectivity index (χ3v) is 7.01. The van der Waals surface area contributed by atoms with Crippen LogP contribution in [0.1, 0.15) is 44.0 Å². The summed E-state index contributed by atoms with van der Waals surface area (Å²) in [6, 6.07) is 7.02. The van der Waals surface area contributed by atoms with Crippen molar-refractivity contribution in [3.8, 4) is 0 Å². The van der Waals surface area contributed by atoms with Gasteiger partial charge in [0.05, 0.1) is 11.1 Å². The molecule has 0 atom stereocenters. The number of aromatic nitrogens is 2. The van der Waals surface area contributed by atoms with Crippen LogP contribution in [-0.4, -0.2) is 39.0 Å². The molecule has 1 aliphatic heterocycles. The van der Waals surface area contributed by atoms with E-state index in [9.17, 15) is 9.59 Å². The second-order valence-corrected chi connectivity index (χ2v) is 8.79.